The highest BCUT2D eigenvalue weighted by Crippen LogP contribution is 2.46. The van der Waals surface area contributed by atoms with E-state index < -0.39 is 8.15 Å². The van der Waals surface area contributed by atoms with Crippen molar-refractivity contribution in [1.29, 1.82) is 0 Å². The lowest BCUT2D eigenvalue weighted by atomic mass is 9.75. The summed E-state index contributed by atoms with van der Waals surface area (Å²) in [5.41, 5.74) is 10.2. The van der Waals surface area contributed by atoms with Gasteiger partial charge in [-0.15, -0.1) is 0 Å². The Morgan fingerprint density at radius 1 is 0.442 bits per heavy atom. The molecule has 0 aromatic heterocycles. The van der Waals surface area contributed by atoms with Gasteiger partial charge in [0.1, 0.15) is 13.6 Å². The van der Waals surface area contributed by atoms with E-state index in [1.807, 2.05) is 0 Å². The smallest absolute Gasteiger partial charge is 0.115 e. The zero-order chi connectivity index (χ0) is 39.2. The molecule has 1 unspecified atom stereocenters. The Bertz CT molecular complexity index is 1800. The third kappa shape index (κ3) is 9.94. The maximum Gasteiger partial charge on any atom is 0.115 e. The standard InChI is InChI=1S/C49H68OP2/c1-44(2,3)34-29-37(46(7,8)9)41(38(30-34)47(10,11)12)51-43(33-25-21-19-22-26-33)50-52(36-27-23-20-24-28-36)42-39(48(13,14)15)31-35(45(4,5)6)32-40(42)49(16,17)18/h19-32H,1-18H3. The predicted molar refractivity (Wildman–Crippen MR) is 236 cm³/mol. The first-order valence-corrected chi connectivity index (χ1v) is 21.3. The summed E-state index contributed by atoms with van der Waals surface area (Å²) in [5, 5.41) is 3.95. The Hall–Kier alpha value is -2.56. The van der Waals surface area contributed by atoms with E-state index in [2.05, 4.69) is 210 Å². The molecular weight excluding hydrogens is 666 g/mol. The van der Waals surface area contributed by atoms with Gasteiger partial charge in [0, 0.05) is 21.5 Å². The van der Waals surface area contributed by atoms with Crippen molar-refractivity contribution in [1.82, 2.24) is 0 Å². The summed E-state index contributed by atoms with van der Waals surface area (Å²) in [6, 6.07) is 31.9. The molecule has 0 heterocycles. The Kier molecular flexibility index (Phi) is 12.1. The van der Waals surface area contributed by atoms with Gasteiger partial charge in [-0.05, 0) is 74.1 Å². The number of benzene rings is 4. The van der Waals surface area contributed by atoms with Crippen LogP contribution in [0.15, 0.2) is 84.9 Å². The molecule has 0 fully saturated rings. The van der Waals surface area contributed by atoms with Crippen LogP contribution in [0.25, 0.3) is 0 Å². The first-order chi connectivity index (χ1) is 23.6. The highest BCUT2D eigenvalue weighted by atomic mass is 31.1. The van der Waals surface area contributed by atoms with E-state index in [4.69, 9.17) is 4.52 Å². The minimum Gasteiger partial charge on any atom is -0.309 e. The van der Waals surface area contributed by atoms with E-state index in [1.54, 1.807) is 0 Å². The van der Waals surface area contributed by atoms with Gasteiger partial charge in [0.15, 0.2) is 0 Å². The molecule has 4 rings (SSSR count). The molecule has 4 aromatic rings. The molecule has 0 aliphatic heterocycles. The van der Waals surface area contributed by atoms with Crippen LogP contribution in [0.5, 0.6) is 0 Å². The molecule has 0 aliphatic rings. The molecule has 0 saturated heterocycles. The molecule has 1 atom stereocenters. The zero-order valence-corrected chi connectivity index (χ0v) is 37.7. The van der Waals surface area contributed by atoms with Crippen LogP contribution in [0, 0.1) is 0 Å². The molecule has 0 radical (unpaired) electrons. The van der Waals surface area contributed by atoms with Crippen LogP contribution in [-0.4, -0.2) is 5.48 Å². The molecule has 280 valence electrons. The lowest BCUT2D eigenvalue weighted by Gasteiger charge is -2.36. The zero-order valence-electron chi connectivity index (χ0n) is 35.9. The fraction of sp³-hybridized carbons (Fsp3) is 0.490. The normalized spacial score (nSPS) is 14.5. The van der Waals surface area contributed by atoms with Crippen LogP contribution in [0.4, 0.5) is 0 Å². The Labute approximate surface area is 322 Å². The first kappa shape index (κ1) is 42.2. The lowest BCUT2D eigenvalue weighted by molar-refractivity contribution is 0.551. The van der Waals surface area contributed by atoms with Gasteiger partial charge < -0.3 is 4.52 Å². The molecule has 1 nitrogen and oxygen atoms in total. The maximum atomic E-state index is 7.81. The van der Waals surface area contributed by atoms with Gasteiger partial charge >= 0.3 is 0 Å². The monoisotopic (exact) mass is 734 g/mol. The van der Waals surface area contributed by atoms with Crippen LogP contribution in [0.1, 0.15) is 164 Å². The summed E-state index contributed by atoms with van der Waals surface area (Å²) in [5.74, 6) is 0. The van der Waals surface area contributed by atoms with Crippen molar-refractivity contribution in [3.05, 3.63) is 124 Å². The molecule has 0 aliphatic carbocycles. The van der Waals surface area contributed by atoms with Crippen molar-refractivity contribution in [3.63, 3.8) is 0 Å². The number of hydrogen-bond acceptors (Lipinski definition) is 1. The average Bonchev–Trinajstić information content (AvgIpc) is 3.00. The second-order valence-electron chi connectivity index (χ2n) is 20.8. The van der Waals surface area contributed by atoms with Crippen molar-refractivity contribution in [2.24, 2.45) is 0 Å². The van der Waals surface area contributed by atoms with Crippen molar-refractivity contribution < 1.29 is 4.52 Å². The predicted octanol–water partition coefficient (Wildman–Crippen LogP) is 13.3. The van der Waals surface area contributed by atoms with Crippen molar-refractivity contribution >= 4 is 37.7 Å². The topological polar surface area (TPSA) is 9.23 Å². The summed E-state index contributed by atoms with van der Waals surface area (Å²) in [6.07, 6.45) is 0. The van der Waals surface area contributed by atoms with E-state index in [1.165, 1.54) is 49.3 Å². The third-order valence-electron chi connectivity index (χ3n) is 9.79. The SMILES string of the molecule is CC(C)(C)c1cc(C(C)(C)C)c(P=C(OP(c2ccccc2)c2c(C(C)(C)C)cc(C(C)(C)C)cc2C(C)(C)C)c2ccccc2)c(C(C)(C)C)c1. The molecule has 4 aromatic carbocycles. The molecule has 52 heavy (non-hydrogen) atoms. The van der Waals surface area contributed by atoms with Crippen LogP contribution < -0.4 is 15.9 Å². The lowest BCUT2D eigenvalue weighted by Crippen LogP contribution is -2.34. The minimum absolute atomic E-state index is 0.0146. The molecule has 0 amide bonds. The van der Waals surface area contributed by atoms with Crippen molar-refractivity contribution in [2.75, 3.05) is 0 Å². The number of rotatable bonds is 6. The highest BCUT2D eigenvalue weighted by Gasteiger charge is 2.35. The summed E-state index contributed by atoms with van der Waals surface area (Å²) >= 11 is 0. The quantitative estimate of drug-likeness (QED) is 0.179. The molecule has 3 heteroatoms. The second kappa shape index (κ2) is 14.9. The van der Waals surface area contributed by atoms with Crippen LogP contribution in [-0.2, 0) is 37.0 Å². The molecule has 0 spiro atoms. The summed E-state index contributed by atoms with van der Waals surface area (Å²) < 4.78 is 7.81. The first-order valence-electron chi connectivity index (χ1n) is 19.2. The minimum atomic E-state index is -1.27. The van der Waals surface area contributed by atoms with E-state index in [-0.39, 0.29) is 32.5 Å². The number of hydrogen-bond donors (Lipinski definition) is 0. The second-order valence-corrected chi connectivity index (χ2v) is 23.7. The van der Waals surface area contributed by atoms with Gasteiger partial charge in [0.05, 0.1) is 0 Å². The average molecular weight is 735 g/mol. The van der Waals surface area contributed by atoms with Gasteiger partial charge in [-0.25, -0.2) is 0 Å². The van der Waals surface area contributed by atoms with E-state index in [9.17, 15) is 0 Å². The summed E-state index contributed by atoms with van der Waals surface area (Å²) in [6.45, 7) is 42.4. The van der Waals surface area contributed by atoms with Crippen LogP contribution >= 0.6 is 16.4 Å². The van der Waals surface area contributed by atoms with Gasteiger partial charge in [-0.3, -0.25) is 0 Å². The third-order valence-corrected chi connectivity index (χ3v) is 13.2. The van der Waals surface area contributed by atoms with Gasteiger partial charge in [-0.2, -0.15) is 0 Å². The maximum absolute atomic E-state index is 7.81. The van der Waals surface area contributed by atoms with Crippen molar-refractivity contribution in [3.8, 4) is 0 Å². The van der Waals surface area contributed by atoms with Crippen molar-refractivity contribution in [2.45, 2.75) is 157 Å². The Balaban J connectivity index is 2.20. The Morgan fingerprint density at radius 2 is 0.788 bits per heavy atom. The van der Waals surface area contributed by atoms with Crippen LogP contribution in [0.3, 0.4) is 0 Å². The van der Waals surface area contributed by atoms with E-state index in [0.717, 1.165) is 19.2 Å². The largest absolute Gasteiger partial charge is 0.309 e. The summed E-state index contributed by atoms with van der Waals surface area (Å²) in [7, 11) is -0.184. The van der Waals surface area contributed by atoms with Gasteiger partial charge in [0.25, 0.3) is 0 Å². The summed E-state index contributed by atoms with van der Waals surface area (Å²) in [4.78, 5) is 0. The van der Waals surface area contributed by atoms with Gasteiger partial charge in [-0.1, -0.05) is 210 Å². The van der Waals surface area contributed by atoms with E-state index >= 15 is 0 Å². The molecule has 0 bridgehead atoms. The van der Waals surface area contributed by atoms with E-state index in [0.29, 0.717) is 0 Å². The fourth-order valence-electron chi connectivity index (χ4n) is 6.46. The van der Waals surface area contributed by atoms with Gasteiger partial charge in [0.2, 0.25) is 0 Å². The molecule has 0 saturated carbocycles. The highest BCUT2D eigenvalue weighted by molar-refractivity contribution is 7.70. The fourth-order valence-corrected chi connectivity index (χ4v) is 10.8. The molecular formula is C49H68OP2. The molecule has 0 N–H and O–H groups in total. The Morgan fingerprint density at radius 3 is 1.13 bits per heavy atom. The van der Waals surface area contributed by atoms with Crippen LogP contribution in [0.2, 0.25) is 0 Å².